The minimum atomic E-state index is -1.23. The van der Waals surface area contributed by atoms with Crippen molar-refractivity contribution in [2.45, 2.75) is 20.0 Å². The molecule has 0 saturated heterocycles. The van der Waals surface area contributed by atoms with Crippen LogP contribution in [-0.4, -0.2) is 15.9 Å². The Morgan fingerprint density at radius 1 is 0.974 bits per heavy atom. The summed E-state index contributed by atoms with van der Waals surface area (Å²) in [4.78, 5) is 19.0. The van der Waals surface area contributed by atoms with Crippen molar-refractivity contribution in [1.82, 2.24) is 9.88 Å². The van der Waals surface area contributed by atoms with E-state index in [9.17, 15) is 18.0 Å². The van der Waals surface area contributed by atoms with Gasteiger partial charge in [-0.25, -0.2) is 18.0 Å². The Kier molecular flexibility index (Phi) is 7.07. The van der Waals surface area contributed by atoms with Gasteiger partial charge in [-0.3, -0.25) is 4.98 Å². The molecule has 0 unspecified atom stereocenters. The van der Waals surface area contributed by atoms with Crippen molar-refractivity contribution in [2.24, 2.45) is 0 Å². The summed E-state index contributed by atoms with van der Waals surface area (Å²) in [6.45, 7) is 1.91. The molecule has 2 amide bonds. The van der Waals surface area contributed by atoms with Gasteiger partial charge in [0.25, 0.3) is 0 Å². The number of urea groups is 1. The average molecular weight is 536 g/mol. The van der Waals surface area contributed by atoms with Gasteiger partial charge in [0, 0.05) is 34.3 Å². The fourth-order valence-electron chi connectivity index (χ4n) is 4.21. The van der Waals surface area contributed by atoms with E-state index in [0.29, 0.717) is 34.2 Å². The molecule has 5 rings (SSSR count). The molecule has 0 fully saturated rings. The van der Waals surface area contributed by atoms with Crippen LogP contribution in [0.1, 0.15) is 17.0 Å². The SMILES string of the molecule is Cc1ccc2oc(CN(Cc3ccccn3)C(=O)Nc3c(F)cc(F)cc3F)c(-c3ccc(Cl)cc3)c2c1. The van der Waals surface area contributed by atoms with Crippen molar-refractivity contribution < 1.29 is 22.4 Å². The molecule has 1 N–H and O–H groups in total. The molecule has 9 heteroatoms. The Balaban J connectivity index is 1.57. The average Bonchev–Trinajstić information content (AvgIpc) is 3.23. The maximum atomic E-state index is 14.3. The molecule has 0 bridgehead atoms. The zero-order valence-corrected chi connectivity index (χ0v) is 20.9. The molecule has 2 aromatic heterocycles. The number of rotatable bonds is 6. The predicted octanol–water partition coefficient (Wildman–Crippen LogP) is 8.11. The second-order valence-corrected chi connectivity index (χ2v) is 9.19. The zero-order chi connectivity index (χ0) is 26.8. The Morgan fingerprint density at radius 3 is 2.39 bits per heavy atom. The molecule has 0 radical (unpaired) electrons. The second kappa shape index (κ2) is 10.6. The number of amides is 2. The van der Waals surface area contributed by atoms with Gasteiger partial charge in [-0.1, -0.05) is 41.4 Å². The van der Waals surface area contributed by atoms with E-state index in [0.717, 1.165) is 22.1 Å². The van der Waals surface area contributed by atoms with Gasteiger partial charge < -0.3 is 14.6 Å². The molecule has 0 saturated carbocycles. The number of hydrogen-bond donors (Lipinski definition) is 1. The second-order valence-electron chi connectivity index (χ2n) is 8.76. The Hall–Kier alpha value is -4.30. The molecule has 3 aromatic carbocycles. The summed E-state index contributed by atoms with van der Waals surface area (Å²) >= 11 is 6.11. The molecule has 0 spiro atoms. The predicted molar refractivity (Wildman–Crippen MR) is 140 cm³/mol. The van der Waals surface area contributed by atoms with Crippen LogP contribution in [0.5, 0.6) is 0 Å². The fraction of sp³-hybridized carbons (Fsp3) is 0.103. The van der Waals surface area contributed by atoms with Crippen LogP contribution in [0, 0.1) is 24.4 Å². The highest BCUT2D eigenvalue weighted by Crippen LogP contribution is 2.37. The van der Waals surface area contributed by atoms with Gasteiger partial charge in [0.15, 0.2) is 11.6 Å². The highest BCUT2D eigenvalue weighted by molar-refractivity contribution is 6.30. The van der Waals surface area contributed by atoms with Crippen LogP contribution in [0.2, 0.25) is 5.02 Å². The number of nitrogens with zero attached hydrogens (tertiary/aromatic N) is 2. The van der Waals surface area contributed by atoms with Gasteiger partial charge in [-0.15, -0.1) is 0 Å². The standard InChI is InChI=1S/C29H21ClF3N3O2/c1-17-5-10-25-22(12-17)27(18-6-8-19(30)9-7-18)26(38-25)16-36(15-21-4-2-3-11-34-21)29(37)35-28-23(32)13-20(31)14-24(28)33/h2-14H,15-16H2,1H3,(H,35,37). The van der Waals surface area contributed by atoms with E-state index < -0.39 is 29.2 Å². The van der Waals surface area contributed by atoms with Crippen LogP contribution in [0.4, 0.5) is 23.7 Å². The number of pyridine rings is 1. The van der Waals surface area contributed by atoms with Crippen LogP contribution >= 0.6 is 11.6 Å². The van der Waals surface area contributed by atoms with Crippen LogP contribution in [0.15, 0.2) is 83.4 Å². The molecule has 0 aliphatic carbocycles. The molecular weight excluding hydrogens is 515 g/mol. The van der Waals surface area contributed by atoms with Gasteiger partial charge in [0.2, 0.25) is 0 Å². The molecule has 0 aliphatic heterocycles. The van der Waals surface area contributed by atoms with E-state index in [2.05, 4.69) is 10.3 Å². The summed E-state index contributed by atoms with van der Waals surface area (Å²) in [5.41, 5.74) is 3.01. The molecule has 5 aromatic rings. The Labute approximate surface area is 221 Å². The molecule has 0 atom stereocenters. The van der Waals surface area contributed by atoms with Crippen LogP contribution in [0.3, 0.4) is 0 Å². The number of aryl methyl sites for hydroxylation is 1. The highest BCUT2D eigenvalue weighted by Gasteiger charge is 2.24. The largest absolute Gasteiger partial charge is 0.459 e. The smallest absolute Gasteiger partial charge is 0.322 e. The van der Waals surface area contributed by atoms with Crippen molar-refractivity contribution in [3.63, 3.8) is 0 Å². The van der Waals surface area contributed by atoms with Gasteiger partial charge in [-0.05, 0) is 48.9 Å². The van der Waals surface area contributed by atoms with Gasteiger partial charge in [-0.2, -0.15) is 0 Å². The molecular formula is C29H21ClF3N3O2. The monoisotopic (exact) mass is 535 g/mol. The lowest BCUT2D eigenvalue weighted by molar-refractivity contribution is 0.201. The fourth-order valence-corrected chi connectivity index (χ4v) is 4.34. The first-order valence-corrected chi connectivity index (χ1v) is 12.0. The molecule has 2 heterocycles. The first-order valence-electron chi connectivity index (χ1n) is 11.7. The van der Waals surface area contributed by atoms with E-state index in [-0.39, 0.29) is 13.1 Å². The van der Waals surface area contributed by atoms with E-state index >= 15 is 0 Å². The Morgan fingerprint density at radius 2 is 1.71 bits per heavy atom. The summed E-state index contributed by atoms with van der Waals surface area (Å²) in [5, 5.41) is 3.65. The lowest BCUT2D eigenvalue weighted by Gasteiger charge is -2.23. The number of carbonyl (C=O) groups excluding carboxylic acids is 1. The van der Waals surface area contributed by atoms with E-state index in [1.807, 2.05) is 37.3 Å². The summed E-state index contributed by atoms with van der Waals surface area (Å²) < 4.78 is 48.3. The van der Waals surface area contributed by atoms with Crippen LogP contribution in [-0.2, 0) is 13.1 Å². The number of hydrogen-bond acceptors (Lipinski definition) is 3. The number of aromatic nitrogens is 1. The van der Waals surface area contributed by atoms with Gasteiger partial charge in [0.1, 0.15) is 22.8 Å². The summed E-state index contributed by atoms with van der Waals surface area (Å²) in [6, 6.07) is 18.4. The number of benzene rings is 3. The third-order valence-electron chi connectivity index (χ3n) is 5.99. The first-order chi connectivity index (χ1) is 18.3. The van der Waals surface area contributed by atoms with Crippen molar-refractivity contribution in [3.05, 3.63) is 118 Å². The lowest BCUT2D eigenvalue weighted by Crippen LogP contribution is -2.35. The summed E-state index contributed by atoms with van der Waals surface area (Å²) in [6.07, 6.45) is 1.58. The van der Waals surface area contributed by atoms with Gasteiger partial charge in [0.05, 0.1) is 18.8 Å². The maximum absolute atomic E-state index is 14.3. The lowest BCUT2D eigenvalue weighted by atomic mass is 10.0. The van der Waals surface area contributed by atoms with E-state index in [1.165, 1.54) is 4.90 Å². The molecule has 5 nitrogen and oxygen atoms in total. The zero-order valence-electron chi connectivity index (χ0n) is 20.1. The summed E-state index contributed by atoms with van der Waals surface area (Å²) in [7, 11) is 0. The van der Waals surface area contributed by atoms with Crippen molar-refractivity contribution >= 4 is 34.3 Å². The maximum Gasteiger partial charge on any atom is 0.322 e. The summed E-state index contributed by atoms with van der Waals surface area (Å²) in [5.74, 6) is -3.09. The van der Waals surface area contributed by atoms with Gasteiger partial charge >= 0.3 is 6.03 Å². The molecule has 192 valence electrons. The number of fused-ring (bicyclic) bond motifs is 1. The minimum Gasteiger partial charge on any atom is -0.459 e. The number of nitrogens with one attached hydrogen (secondary N) is 1. The topological polar surface area (TPSA) is 58.4 Å². The number of furan rings is 1. The molecule has 0 aliphatic rings. The number of anilines is 1. The third-order valence-corrected chi connectivity index (χ3v) is 6.24. The van der Waals surface area contributed by atoms with Crippen molar-refractivity contribution in [3.8, 4) is 11.1 Å². The quantitative estimate of drug-likeness (QED) is 0.239. The molecule has 38 heavy (non-hydrogen) atoms. The highest BCUT2D eigenvalue weighted by atomic mass is 35.5. The normalized spacial score (nSPS) is 11.1. The minimum absolute atomic E-state index is 0.00718. The Bertz CT molecular complexity index is 1600. The van der Waals surface area contributed by atoms with E-state index in [4.69, 9.17) is 16.0 Å². The number of halogens is 4. The number of carbonyl (C=O) groups is 1. The van der Waals surface area contributed by atoms with Crippen LogP contribution in [0.25, 0.3) is 22.1 Å². The first kappa shape index (κ1) is 25.4. The van der Waals surface area contributed by atoms with Crippen LogP contribution < -0.4 is 5.32 Å². The van der Waals surface area contributed by atoms with Crippen molar-refractivity contribution in [2.75, 3.05) is 5.32 Å². The third kappa shape index (κ3) is 5.35. The van der Waals surface area contributed by atoms with Crippen molar-refractivity contribution in [1.29, 1.82) is 0 Å². The van der Waals surface area contributed by atoms with E-state index in [1.54, 1.807) is 36.5 Å².